The smallest absolute Gasteiger partial charge is 0.273 e. The number of nitrogens with one attached hydrogen (secondary N) is 2. The van der Waals surface area contributed by atoms with E-state index in [9.17, 15) is 9.59 Å². The molecule has 2 heterocycles. The van der Waals surface area contributed by atoms with Gasteiger partial charge in [0.25, 0.3) is 11.1 Å². The molecule has 2 aromatic rings. The number of hydrogen-bond donors (Lipinski definition) is 2. The minimum Gasteiger partial charge on any atom is -0.504 e. The topological polar surface area (TPSA) is 76.1 Å². The summed E-state index contributed by atoms with van der Waals surface area (Å²) >= 11 is 0. The summed E-state index contributed by atoms with van der Waals surface area (Å²) in [6.07, 6.45) is 4.82. The predicted molar refractivity (Wildman–Crippen MR) is 82.1 cm³/mol. The molecule has 0 saturated heterocycles. The largest absolute Gasteiger partial charge is 0.504 e. The molecule has 2 aromatic heterocycles. The van der Waals surface area contributed by atoms with Crippen LogP contribution in [0.4, 0.5) is 5.69 Å². The van der Waals surface area contributed by atoms with Crippen molar-refractivity contribution in [2.24, 2.45) is 7.05 Å². The Morgan fingerprint density at radius 2 is 2.14 bits per heavy atom. The normalized spacial score (nSPS) is 10.8. The van der Waals surface area contributed by atoms with Gasteiger partial charge in [-0.1, -0.05) is 0 Å². The Hall–Kier alpha value is -2.76. The van der Waals surface area contributed by atoms with E-state index < -0.39 is 0 Å². The Bertz CT molecular complexity index is 759. The van der Waals surface area contributed by atoms with Crippen LogP contribution in [-0.4, -0.2) is 16.7 Å². The van der Waals surface area contributed by atoms with Gasteiger partial charge < -0.3 is 19.6 Å². The zero-order valence-corrected chi connectivity index (χ0v) is 11.9. The van der Waals surface area contributed by atoms with Gasteiger partial charge in [-0.15, -0.1) is 0 Å². The lowest BCUT2D eigenvalue weighted by molar-refractivity contribution is 0.341. The Labute approximate surface area is 121 Å². The van der Waals surface area contributed by atoms with Crippen molar-refractivity contribution in [1.82, 2.24) is 9.55 Å². The summed E-state index contributed by atoms with van der Waals surface area (Å²) in [5, 5.41) is 2.98. The molecule has 0 aromatic carbocycles. The summed E-state index contributed by atoms with van der Waals surface area (Å²) in [5.41, 5.74) is 1.33. The summed E-state index contributed by atoms with van der Waals surface area (Å²) in [7, 11) is 3.21. The van der Waals surface area contributed by atoms with E-state index in [1.807, 2.05) is 0 Å². The predicted octanol–water partition coefficient (Wildman–Crippen LogP) is 1.30. The molecule has 0 saturated carbocycles. The van der Waals surface area contributed by atoms with Crippen molar-refractivity contribution in [3.05, 3.63) is 68.7 Å². The summed E-state index contributed by atoms with van der Waals surface area (Å²) < 4.78 is 6.27. The molecule has 21 heavy (non-hydrogen) atoms. The molecule has 110 valence electrons. The maximum absolute atomic E-state index is 11.9. The Kier molecular flexibility index (Phi) is 4.61. The second kappa shape index (κ2) is 6.60. The number of rotatable bonds is 5. The first-order valence-electron chi connectivity index (χ1n) is 6.43. The number of H-pyrrole nitrogens is 1. The van der Waals surface area contributed by atoms with Gasteiger partial charge in [0.15, 0.2) is 0 Å². The number of methoxy groups -OCH3 is 1. The highest BCUT2D eigenvalue weighted by Crippen LogP contribution is 2.02. The Morgan fingerprint density at radius 3 is 2.86 bits per heavy atom. The molecule has 0 amide bonds. The SMILES string of the molecule is CO/C=C/c1ccc(CNc2cccn(C)c2=O)c(=O)[nH]1. The molecule has 2 rings (SSSR count). The van der Waals surface area contributed by atoms with Crippen LogP contribution in [0.3, 0.4) is 0 Å². The van der Waals surface area contributed by atoms with Crippen molar-refractivity contribution in [1.29, 1.82) is 0 Å². The van der Waals surface area contributed by atoms with E-state index in [4.69, 9.17) is 4.74 Å². The first-order chi connectivity index (χ1) is 10.1. The average molecular weight is 287 g/mol. The van der Waals surface area contributed by atoms with Gasteiger partial charge >= 0.3 is 0 Å². The maximum atomic E-state index is 11.9. The molecule has 6 nitrogen and oxygen atoms in total. The fourth-order valence-electron chi connectivity index (χ4n) is 1.82. The van der Waals surface area contributed by atoms with Gasteiger partial charge in [0.2, 0.25) is 0 Å². The lowest BCUT2D eigenvalue weighted by atomic mass is 10.2. The molecular weight excluding hydrogens is 270 g/mol. The minimum atomic E-state index is -0.200. The third-order valence-electron chi connectivity index (χ3n) is 2.99. The number of nitrogens with zero attached hydrogens (tertiary/aromatic N) is 1. The summed E-state index contributed by atoms with van der Waals surface area (Å²) in [6, 6.07) is 6.95. The summed E-state index contributed by atoms with van der Waals surface area (Å²) in [6.45, 7) is 0.281. The second-order valence-electron chi connectivity index (χ2n) is 4.50. The molecule has 0 fully saturated rings. The zero-order valence-electron chi connectivity index (χ0n) is 11.9. The monoisotopic (exact) mass is 287 g/mol. The number of ether oxygens (including phenoxy) is 1. The van der Waals surface area contributed by atoms with Gasteiger partial charge in [0.1, 0.15) is 5.69 Å². The highest BCUT2D eigenvalue weighted by atomic mass is 16.5. The van der Waals surface area contributed by atoms with Crippen LogP contribution in [0.25, 0.3) is 6.08 Å². The van der Waals surface area contributed by atoms with Crippen molar-refractivity contribution < 1.29 is 4.74 Å². The number of anilines is 1. The molecule has 6 heteroatoms. The second-order valence-corrected chi connectivity index (χ2v) is 4.50. The van der Waals surface area contributed by atoms with E-state index >= 15 is 0 Å². The maximum Gasteiger partial charge on any atom is 0.273 e. The van der Waals surface area contributed by atoms with E-state index in [-0.39, 0.29) is 17.7 Å². The number of aromatic nitrogens is 2. The zero-order chi connectivity index (χ0) is 15.2. The molecule has 0 spiro atoms. The third-order valence-corrected chi connectivity index (χ3v) is 2.99. The molecule has 0 aliphatic rings. The molecule has 0 unspecified atom stereocenters. The lowest BCUT2D eigenvalue weighted by Crippen LogP contribution is -2.22. The highest BCUT2D eigenvalue weighted by molar-refractivity contribution is 5.44. The van der Waals surface area contributed by atoms with Crippen LogP contribution in [-0.2, 0) is 18.3 Å². The van der Waals surface area contributed by atoms with Crippen LogP contribution in [0.5, 0.6) is 0 Å². The van der Waals surface area contributed by atoms with Crippen molar-refractivity contribution >= 4 is 11.8 Å². The number of hydrogen-bond acceptors (Lipinski definition) is 4. The van der Waals surface area contributed by atoms with E-state index in [2.05, 4.69) is 10.3 Å². The van der Waals surface area contributed by atoms with Crippen LogP contribution in [0.1, 0.15) is 11.3 Å². The average Bonchev–Trinajstić information content (AvgIpc) is 2.48. The molecule has 0 aliphatic carbocycles. The van der Waals surface area contributed by atoms with E-state index in [1.165, 1.54) is 17.9 Å². The van der Waals surface area contributed by atoms with E-state index in [1.54, 1.807) is 43.6 Å². The van der Waals surface area contributed by atoms with Crippen LogP contribution in [0.2, 0.25) is 0 Å². The van der Waals surface area contributed by atoms with Gasteiger partial charge in [-0.2, -0.15) is 0 Å². The van der Waals surface area contributed by atoms with Crippen molar-refractivity contribution in [2.45, 2.75) is 6.54 Å². The highest BCUT2D eigenvalue weighted by Gasteiger charge is 2.03. The standard InChI is InChI=1S/C15H17N3O3/c1-18-8-3-4-13(15(18)20)16-10-11-5-6-12(7-9-21-2)17-14(11)19/h3-9,16H,10H2,1-2H3,(H,17,19)/b9-7+. The number of aryl methyl sites for hydroxylation is 1. The molecular formula is C15H17N3O3. The third kappa shape index (κ3) is 3.62. The minimum absolute atomic E-state index is 0.131. The van der Waals surface area contributed by atoms with Crippen LogP contribution >= 0.6 is 0 Å². The van der Waals surface area contributed by atoms with Crippen LogP contribution in [0, 0.1) is 0 Å². The van der Waals surface area contributed by atoms with Gasteiger partial charge in [-0.05, 0) is 30.3 Å². The van der Waals surface area contributed by atoms with Crippen molar-refractivity contribution in [3.63, 3.8) is 0 Å². The number of aromatic amines is 1. The first-order valence-corrected chi connectivity index (χ1v) is 6.43. The van der Waals surface area contributed by atoms with Gasteiger partial charge in [-0.25, -0.2) is 0 Å². The van der Waals surface area contributed by atoms with Gasteiger partial charge in [0, 0.05) is 31.0 Å². The molecule has 0 aliphatic heterocycles. The van der Waals surface area contributed by atoms with Crippen molar-refractivity contribution in [2.75, 3.05) is 12.4 Å². The van der Waals surface area contributed by atoms with Gasteiger partial charge in [-0.3, -0.25) is 9.59 Å². The molecule has 0 atom stereocenters. The molecule has 0 radical (unpaired) electrons. The Morgan fingerprint density at radius 1 is 1.33 bits per heavy atom. The van der Waals surface area contributed by atoms with E-state index in [0.717, 1.165) is 0 Å². The summed E-state index contributed by atoms with van der Waals surface area (Å²) in [4.78, 5) is 26.5. The van der Waals surface area contributed by atoms with Crippen LogP contribution < -0.4 is 16.4 Å². The molecule has 0 bridgehead atoms. The fraction of sp³-hybridized carbons (Fsp3) is 0.200. The molecule has 2 N–H and O–H groups in total. The van der Waals surface area contributed by atoms with Crippen molar-refractivity contribution in [3.8, 4) is 0 Å². The fourth-order valence-corrected chi connectivity index (χ4v) is 1.82. The lowest BCUT2D eigenvalue weighted by Gasteiger charge is -2.07. The van der Waals surface area contributed by atoms with Crippen LogP contribution in [0.15, 0.2) is 46.3 Å². The van der Waals surface area contributed by atoms with Gasteiger partial charge in [0.05, 0.1) is 13.4 Å². The van der Waals surface area contributed by atoms with E-state index in [0.29, 0.717) is 16.9 Å². The quantitative estimate of drug-likeness (QED) is 0.813. The number of pyridine rings is 2. The summed E-state index contributed by atoms with van der Waals surface area (Å²) in [5.74, 6) is 0. The Balaban J connectivity index is 2.14. The first kappa shape index (κ1) is 14.6.